The Hall–Kier alpha value is -1.62. The highest BCUT2D eigenvalue weighted by molar-refractivity contribution is 5.77. The lowest BCUT2D eigenvalue weighted by molar-refractivity contribution is -0.138. The molecular formula is C24H39NO4. The summed E-state index contributed by atoms with van der Waals surface area (Å²) in [5, 5.41) is 19.3. The molecule has 1 aliphatic carbocycles. The van der Waals surface area contributed by atoms with Crippen molar-refractivity contribution >= 4 is 11.9 Å². The van der Waals surface area contributed by atoms with Gasteiger partial charge in [-0.2, -0.15) is 0 Å². The number of rotatable bonds is 13. The second-order valence-electron chi connectivity index (χ2n) is 8.86. The largest absolute Gasteiger partial charge is 0.481 e. The zero-order chi connectivity index (χ0) is 21.2. The SMILES string of the molecule is CCC1=C(CC(O)CCC2CCCC(=O)N2C[C@H](C)CCCCC(=O)O)CC=C1. The molecule has 0 aromatic rings. The van der Waals surface area contributed by atoms with Crippen molar-refractivity contribution in [2.75, 3.05) is 6.54 Å². The lowest BCUT2D eigenvalue weighted by Crippen LogP contribution is -2.46. The Morgan fingerprint density at radius 1 is 1.31 bits per heavy atom. The molecule has 5 heteroatoms. The molecule has 1 saturated heterocycles. The summed E-state index contributed by atoms with van der Waals surface area (Å²) in [4.78, 5) is 25.2. The van der Waals surface area contributed by atoms with Gasteiger partial charge in [0.2, 0.25) is 5.91 Å². The van der Waals surface area contributed by atoms with Gasteiger partial charge in [0.15, 0.2) is 0 Å². The van der Waals surface area contributed by atoms with Crippen LogP contribution < -0.4 is 0 Å². The van der Waals surface area contributed by atoms with Crippen LogP contribution in [0.4, 0.5) is 0 Å². The molecular weight excluding hydrogens is 366 g/mol. The molecule has 1 aliphatic heterocycles. The highest BCUT2D eigenvalue weighted by Gasteiger charge is 2.29. The highest BCUT2D eigenvalue weighted by Crippen LogP contribution is 2.29. The van der Waals surface area contributed by atoms with Gasteiger partial charge in [0.25, 0.3) is 0 Å². The van der Waals surface area contributed by atoms with E-state index >= 15 is 0 Å². The van der Waals surface area contributed by atoms with E-state index in [1.165, 1.54) is 11.1 Å². The van der Waals surface area contributed by atoms with Crippen molar-refractivity contribution in [1.29, 1.82) is 0 Å². The average molecular weight is 406 g/mol. The number of aliphatic carboxylic acids is 1. The fraction of sp³-hybridized carbons (Fsp3) is 0.750. The smallest absolute Gasteiger partial charge is 0.303 e. The van der Waals surface area contributed by atoms with Gasteiger partial charge < -0.3 is 15.1 Å². The van der Waals surface area contributed by atoms with Crippen LogP contribution in [0.15, 0.2) is 23.3 Å². The summed E-state index contributed by atoms with van der Waals surface area (Å²) in [6.07, 6.45) is 13.7. The second-order valence-corrected chi connectivity index (χ2v) is 8.86. The third-order valence-electron chi connectivity index (χ3n) is 6.37. The van der Waals surface area contributed by atoms with E-state index in [1.807, 2.05) is 4.90 Å². The number of hydrogen-bond donors (Lipinski definition) is 2. The van der Waals surface area contributed by atoms with Crippen LogP contribution in [0.3, 0.4) is 0 Å². The maximum Gasteiger partial charge on any atom is 0.303 e. The Morgan fingerprint density at radius 3 is 2.83 bits per heavy atom. The number of nitrogens with zero attached hydrogens (tertiary/aromatic N) is 1. The normalized spacial score (nSPS) is 21.7. The first-order valence-electron chi connectivity index (χ1n) is 11.5. The molecule has 29 heavy (non-hydrogen) atoms. The summed E-state index contributed by atoms with van der Waals surface area (Å²) in [5.41, 5.74) is 2.74. The molecule has 2 aliphatic rings. The molecule has 1 fully saturated rings. The van der Waals surface area contributed by atoms with E-state index in [-0.39, 0.29) is 24.5 Å². The Balaban J connectivity index is 1.79. The summed E-state index contributed by atoms with van der Waals surface area (Å²) >= 11 is 0. The van der Waals surface area contributed by atoms with Gasteiger partial charge in [-0.3, -0.25) is 9.59 Å². The maximum absolute atomic E-state index is 12.5. The number of unbranched alkanes of at least 4 members (excludes halogenated alkanes) is 1. The van der Waals surface area contributed by atoms with Crippen LogP contribution >= 0.6 is 0 Å². The summed E-state index contributed by atoms with van der Waals surface area (Å²) < 4.78 is 0. The Morgan fingerprint density at radius 2 is 2.10 bits per heavy atom. The number of carbonyl (C=O) groups is 2. The van der Waals surface area contributed by atoms with E-state index in [1.54, 1.807) is 0 Å². The van der Waals surface area contributed by atoms with Gasteiger partial charge in [-0.1, -0.05) is 38.0 Å². The summed E-state index contributed by atoms with van der Waals surface area (Å²) in [5.74, 6) is -0.123. The maximum atomic E-state index is 12.5. The number of carbonyl (C=O) groups excluding carboxylic acids is 1. The van der Waals surface area contributed by atoms with E-state index in [0.717, 1.165) is 64.3 Å². The van der Waals surface area contributed by atoms with Crippen LogP contribution in [0.2, 0.25) is 0 Å². The minimum absolute atomic E-state index is 0.224. The standard InChI is InChI=1S/C24H39NO4/c1-3-19-9-6-10-20(19)16-22(26)15-14-21-11-7-12-23(27)25(21)17-18(2)8-4-5-13-24(28)29/h6,9,18,21-22,26H,3-5,7-8,10-17H2,1-2H3,(H,28,29)/t18-,21?,22?/m1/s1. The number of aliphatic hydroxyl groups is 1. The number of aliphatic hydroxyl groups excluding tert-OH is 1. The first kappa shape index (κ1) is 23.7. The van der Waals surface area contributed by atoms with Crippen LogP contribution in [0, 0.1) is 5.92 Å². The molecule has 164 valence electrons. The number of piperidine rings is 1. The predicted octanol–water partition coefficient (Wildman–Crippen LogP) is 4.85. The zero-order valence-electron chi connectivity index (χ0n) is 18.2. The summed E-state index contributed by atoms with van der Waals surface area (Å²) in [6.45, 7) is 5.06. The molecule has 0 saturated carbocycles. The van der Waals surface area contributed by atoms with Gasteiger partial charge >= 0.3 is 5.97 Å². The molecule has 2 rings (SSSR count). The summed E-state index contributed by atoms with van der Waals surface area (Å²) in [7, 11) is 0. The van der Waals surface area contributed by atoms with Crippen molar-refractivity contribution in [2.45, 2.75) is 103 Å². The molecule has 0 bridgehead atoms. The van der Waals surface area contributed by atoms with Crippen LogP contribution in [0.5, 0.6) is 0 Å². The average Bonchev–Trinajstić information content (AvgIpc) is 3.12. The van der Waals surface area contributed by atoms with Crippen molar-refractivity contribution in [3.8, 4) is 0 Å². The molecule has 1 amide bonds. The van der Waals surface area contributed by atoms with Gasteiger partial charge in [0, 0.05) is 25.4 Å². The van der Waals surface area contributed by atoms with Crippen molar-refractivity contribution in [3.05, 3.63) is 23.3 Å². The predicted molar refractivity (Wildman–Crippen MR) is 116 cm³/mol. The summed E-state index contributed by atoms with van der Waals surface area (Å²) in [6, 6.07) is 0.230. The topological polar surface area (TPSA) is 77.8 Å². The molecule has 0 aromatic carbocycles. The van der Waals surface area contributed by atoms with Crippen molar-refractivity contribution in [1.82, 2.24) is 4.90 Å². The minimum atomic E-state index is -0.738. The Kier molecular flexibility index (Phi) is 9.92. The van der Waals surface area contributed by atoms with Crippen LogP contribution in [-0.4, -0.2) is 45.7 Å². The van der Waals surface area contributed by atoms with Gasteiger partial charge in [-0.25, -0.2) is 0 Å². The fourth-order valence-corrected chi connectivity index (χ4v) is 4.69. The molecule has 3 atom stereocenters. The Bertz CT molecular complexity index is 610. The molecule has 0 radical (unpaired) electrons. The van der Waals surface area contributed by atoms with E-state index < -0.39 is 5.97 Å². The fourth-order valence-electron chi connectivity index (χ4n) is 4.69. The first-order chi connectivity index (χ1) is 13.9. The van der Waals surface area contributed by atoms with Crippen LogP contribution in [0.1, 0.15) is 90.9 Å². The molecule has 5 nitrogen and oxygen atoms in total. The molecule has 0 aromatic heterocycles. The lowest BCUT2D eigenvalue weighted by Gasteiger charge is -2.38. The van der Waals surface area contributed by atoms with Crippen molar-refractivity contribution < 1.29 is 19.8 Å². The Labute approximate surface area is 175 Å². The minimum Gasteiger partial charge on any atom is -0.481 e. The van der Waals surface area contributed by atoms with Crippen molar-refractivity contribution in [2.24, 2.45) is 5.92 Å². The van der Waals surface area contributed by atoms with E-state index in [4.69, 9.17) is 5.11 Å². The van der Waals surface area contributed by atoms with E-state index in [2.05, 4.69) is 26.0 Å². The monoisotopic (exact) mass is 405 g/mol. The van der Waals surface area contributed by atoms with Crippen LogP contribution in [-0.2, 0) is 9.59 Å². The van der Waals surface area contributed by atoms with Gasteiger partial charge in [-0.05, 0) is 69.3 Å². The third-order valence-corrected chi connectivity index (χ3v) is 6.37. The number of allylic oxidation sites excluding steroid dienone is 3. The number of likely N-dealkylation sites (tertiary alicyclic amines) is 1. The van der Waals surface area contributed by atoms with Crippen LogP contribution in [0.25, 0.3) is 0 Å². The number of carboxylic acids is 1. The van der Waals surface area contributed by atoms with E-state index in [0.29, 0.717) is 18.8 Å². The van der Waals surface area contributed by atoms with Gasteiger partial charge in [0.1, 0.15) is 0 Å². The number of amides is 1. The van der Waals surface area contributed by atoms with Crippen molar-refractivity contribution in [3.63, 3.8) is 0 Å². The van der Waals surface area contributed by atoms with Gasteiger partial charge in [0.05, 0.1) is 6.10 Å². The highest BCUT2D eigenvalue weighted by atomic mass is 16.4. The number of hydrogen-bond acceptors (Lipinski definition) is 3. The molecule has 2 unspecified atom stereocenters. The third kappa shape index (κ3) is 7.96. The molecule has 2 N–H and O–H groups in total. The van der Waals surface area contributed by atoms with Gasteiger partial charge in [-0.15, -0.1) is 0 Å². The lowest BCUT2D eigenvalue weighted by atomic mass is 9.92. The first-order valence-corrected chi connectivity index (χ1v) is 11.5. The zero-order valence-corrected chi connectivity index (χ0v) is 18.2. The second kappa shape index (κ2) is 12.2. The molecule has 1 heterocycles. The van der Waals surface area contributed by atoms with E-state index in [9.17, 15) is 14.7 Å². The quantitative estimate of drug-likeness (QED) is 0.430. The number of carboxylic acid groups (broad SMARTS) is 1. The molecule has 0 spiro atoms.